The molecule has 78 valence electrons. The third-order valence-corrected chi connectivity index (χ3v) is 2.68. The van der Waals surface area contributed by atoms with Crippen LogP contribution >= 0.6 is 11.6 Å². The smallest absolute Gasteiger partial charge is 0.0345 e. The quantitative estimate of drug-likeness (QED) is 0.579. The van der Waals surface area contributed by atoms with E-state index in [-0.39, 0.29) is 0 Å². The van der Waals surface area contributed by atoms with Crippen molar-refractivity contribution in [2.45, 2.75) is 31.7 Å². The topological polar surface area (TPSA) is 24.9 Å². The SMILES string of the molecule is CCC(Cl)CCNCc1ccncc1. The first kappa shape index (κ1) is 11.5. The van der Waals surface area contributed by atoms with Gasteiger partial charge in [-0.1, -0.05) is 6.92 Å². The zero-order valence-electron chi connectivity index (χ0n) is 8.54. The fourth-order valence-electron chi connectivity index (χ4n) is 1.20. The van der Waals surface area contributed by atoms with Gasteiger partial charge in [0.15, 0.2) is 0 Å². The minimum atomic E-state index is 0.306. The molecule has 0 aliphatic carbocycles. The standard InChI is InChI=1S/C11H17ClN2/c1-2-11(12)5-8-14-9-10-3-6-13-7-4-10/h3-4,6-7,11,14H,2,5,8-9H2,1H3. The third kappa shape index (κ3) is 4.58. The Labute approximate surface area is 90.7 Å². The highest BCUT2D eigenvalue weighted by Gasteiger charge is 1.99. The molecule has 1 rings (SSSR count). The van der Waals surface area contributed by atoms with Crippen LogP contribution < -0.4 is 5.32 Å². The molecule has 2 nitrogen and oxygen atoms in total. The van der Waals surface area contributed by atoms with Gasteiger partial charge in [0, 0.05) is 24.3 Å². The molecule has 1 heterocycles. The van der Waals surface area contributed by atoms with Crippen LogP contribution in [0.2, 0.25) is 0 Å². The van der Waals surface area contributed by atoms with Crippen LogP contribution in [0.5, 0.6) is 0 Å². The zero-order valence-corrected chi connectivity index (χ0v) is 9.30. The number of nitrogens with zero attached hydrogens (tertiary/aromatic N) is 1. The van der Waals surface area contributed by atoms with Gasteiger partial charge in [-0.05, 0) is 37.1 Å². The van der Waals surface area contributed by atoms with Crippen LogP contribution in [0, 0.1) is 0 Å². The molecule has 1 unspecified atom stereocenters. The van der Waals surface area contributed by atoms with Crippen molar-refractivity contribution in [1.82, 2.24) is 10.3 Å². The molecule has 14 heavy (non-hydrogen) atoms. The Morgan fingerprint density at radius 2 is 2.14 bits per heavy atom. The van der Waals surface area contributed by atoms with Crippen LogP contribution in [0.3, 0.4) is 0 Å². The van der Waals surface area contributed by atoms with Crippen molar-refractivity contribution >= 4 is 11.6 Å². The van der Waals surface area contributed by atoms with Crippen molar-refractivity contribution in [2.75, 3.05) is 6.54 Å². The summed E-state index contributed by atoms with van der Waals surface area (Å²) in [5.41, 5.74) is 1.27. The van der Waals surface area contributed by atoms with E-state index in [1.165, 1.54) is 5.56 Å². The van der Waals surface area contributed by atoms with E-state index in [4.69, 9.17) is 11.6 Å². The summed E-state index contributed by atoms with van der Waals surface area (Å²) in [6.07, 6.45) is 5.70. The minimum absolute atomic E-state index is 0.306. The summed E-state index contributed by atoms with van der Waals surface area (Å²) in [7, 11) is 0. The van der Waals surface area contributed by atoms with E-state index >= 15 is 0 Å². The maximum Gasteiger partial charge on any atom is 0.0345 e. The van der Waals surface area contributed by atoms with Crippen LogP contribution in [0.15, 0.2) is 24.5 Å². The highest BCUT2D eigenvalue weighted by Crippen LogP contribution is 2.04. The van der Waals surface area contributed by atoms with Gasteiger partial charge < -0.3 is 5.32 Å². The molecule has 3 heteroatoms. The number of alkyl halides is 1. The number of aromatic nitrogens is 1. The first-order valence-corrected chi connectivity index (χ1v) is 5.50. The monoisotopic (exact) mass is 212 g/mol. The summed E-state index contributed by atoms with van der Waals surface area (Å²) in [5, 5.41) is 3.66. The molecule has 0 aromatic carbocycles. The maximum atomic E-state index is 6.00. The molecule has 1 aromatic rings. The number of hydrogen-bond acceptors (Lipinski definition) is 2. The Hall–Kier alpha value is -0.600. The van der Waals surface area contributed by atoms with Crippen molar-refractivity contribution in [3.8, 4) is 0 Å². The molecule has 0 saturated heterocycles. The summed E-state index contributed by atoms with van der Waals surface area (Å²) in [6, 6.07) is 4.04. The summed E-state index contributed by atoms with van der Waals surface area (Å²) in [4.78, 5) is 3.97. The second-order valence-corrected chi connectivity index (χ2v) is 3.94. The fraction of sp³-hybridized carbons (Fsp3) is 0.545. The van der Waals surface area contributed by atoms with Gasteiger partial charge in [0.05, 0.1) is 0 Å². The summed E-state index contributed by atoms with van der Waals surface area (Å²) in [6.45, 7) is 3.99. The second-order valence-electron chi connectivity index (χ2n) is 3.33. The van der Waals surface area contributed by atoms with E-state index < -0.39 is 0 Å². The van der Waals surface area contributed by atoms with Crippen molar-refractivity contribution in [2.24, 2.45) is 0 Å². The summed E-state index contributed by atoms with van der Waals surface area (Å²) in [5.74, 6) is 0. The first-order chi connectivity index (χ1) is 6.83. The molecule has 0 aliphatic rings. The predicted molar refractivity (Wildman–Crippen MR) is 60.5 cm³/mol. The highest BCUT2D eigenvalue weighted by molar-refractivity contribution is 6.20. The van der Waals surface area contributed by atoms with Gasteiger partial charge in [0.1, 0.15) is 0 Å². The van der Waals surface area contributed by atoms with E-state index in [0.29, 0.717) is 5.38 Å². The van der Waals surface area contributed by atoms with Gasteiger partial charge in [-0.15, -0.1) is 11.6 Å². The summed E-state index contributed by atoms with van der Waals surface area (Å²) >= 11 is 6.00. The molecule has 0 fully saturated rings. The van der Waals surface area contributed by atoms with Gasteiger partial charge in [-0.3, -0.25) is 4.98 Å². The maximum absolute atomic E-state index is 6.00. The lowest BCUT2D eigenvalue weighted by Crippen LogP contribution is -2.17. The Morgan fingerprint density at radius 3 is 2.79 bits per heavy atom. The number of halogens is 1. The molecule has 1 aromatic heterocycles. The van der Waals surface area contributed by atoms with E-state index in [0.717, 1.165) is 25.9 Å². The number of pyridine rings is 1. The average Bonchev–Trinajstić information content (AvgIpc) is 2.25. The van der Waals surface area contributed by atoms with Crippen LogP contribution in [0.25, 0.3) is 0 Å². The molecule has 0 amide bonds. The fourth-order valence-corrected chi connectivity index (χ4v) is 1.31. The lowest BCUT2D eigenvalue weighted by molar-refractivity contribution is 0.621. The van der Waals surface area contributed by atoms with E-state index in [1.807, 2.05) is 24.5 Å². The highest BCUT2D eigenvalue weighted by atomic mass is 35.5. The van der Waals surface area contributed by atoms with E-state index in [1.54, 1.807) is 0 Å². The van der Waals surface area contributed by atoms with Crippen LogP contribution in [-0.4, -0.2) is 16.9 Å². The van der Waals surface area contributed by atoms with Crippen molar-refractivity contribution < 1.29 is 0 Å². The second kappa shape index (κ2) is 6.80. The lowest BCUT2D eigenvalue weighted by Gasteiger charge is -2.07. The first-order valence-electron chi connectivity index (χ1n) is 5.06. The van der Waals surface area contributed by atoms with Gasteiger partial charge in [0.25, 0.3) is 0 Å². The Balaban J connectivity index is 2.10. The van der Waals surface area contributed by atoms with Crippen LogP contribution in [-0.2, 0) is 6.54 Å². The number of rotatable bonds is 6. The summed E-state index contributed by atoms with van der Waals surface area (Å²) < 4.78 is 0. The van der Waals surface area contributed by atoms with Gasteiger partial charge in [-0.2, -0.15) is 0 Å². The molecule has 0 radical (unpaired) electrons. The number of hydrogen-bond donors (Lipinski definition) is 1. The van der Waals surface area contributed by atoms with E-state index in [2.05, 4.69) is 17.2 Å². The van der Waals surface area contributed by atoms with Crippen molar-refractivity contribution in [1.29, 1.82) is 0 Å². The molecule has 1 N–H and O–H groups in total. The zero-order chi connectivity index (χ0) is 10.2. The van der Waals surface area contributed by atoms with E-state index in [9.17, 15) is 0 Å². The molecule has 1 atom stereocenters. The average molecular weight is 213 g/mol. The molecule has 0 aliphatic heterocycles. The largest absolute Gasteiger partial charge is 0.313 e. The predicted octanol–water partition coefficient (Wildman–Crippen LogP) is 2.58. The number of nitrogens with one attached hydrogen (secondary N) is 1. The Morgan fingerprint density at radius 1 is 1.43 bits per heavy atom. The van der Waals surface area contributed by atoms with Gasteiger partial charge in [-0.25, -0.2) is 0 Å². The van der Waals surface area contributed by atoms with Crippen LogP contribution in [0.4, 0.5) is 0 Å². The molecule has 0 spiro atoms. The van der Waals surface area contributed by atoms with Crippen molar-refractivity contribution in [3.63, 3.8) is 0 Å². The van der Waals surface area contributed by atoms with Gasteiger partial charge in [0.2, 0.25) is 0 Å². The molecular formula is C11H17ClN2. The Kier molecular flexibility index (Phi) is 5.57. The molecule has 0 bridgehead atoms. The molecule has 0 saturated carbocycles. The van der Waals surface area contributed by atoms with Crippen LogP contribution in [0.1, 0.15) is 25.3 Å². The van der Waals surface area contributed by atoms with Gasteiger partial charge >= 0.3 is 0 Å². The molecular weight excluding hydrogens is 196 g/mol. The normalized spacial score (nSPS) is 12.7. The Bertz CT molecular complexity index is 238. The lowest BCUT2D eigenvalue weighted by atomic mass is 10.2. The minimum Gasteiger partial charge on any atom is -0.313 e. The third-order valence-electron chi connectivity index (χ3n) is 2.16. The van der Waals surface area contributed by atoms with Crippen molar-refractivity contribution in [3.05, 3.63) is 30.1 Å².